The van der Waals surface area contributed by atoms with E-state index in [0.29, 0.717) is 30.5 Å². The van der Waals surface area contributed by atoms with Crippen LogP contribution in [0, 0.1) is 0 Å². The molecule has 0 saturated carbocycles. The second-order valence-corrected chi connectivity index (χ2v) is 6.96. The van der Waals surface area contributed by atoms with Gasteiger partial charge in [0, 0.05) is 18.5 Å². The van der Waals surface area contributed by atoms with E-state index in [-0.39, 0.29) is 6.10 Å². The van der Waals surface area contributed by atoms with Gasteiger partial charge in [-0.25, -0.2) is 15.0 Å². The Hall–Kier alpha value is -3.81. The molecular formula is C23H24N4O4. The Morgan fingerprint density at radius 2 is 1.90 bits per heavy atom. The summed E-state index contributed by atoms with van der Waals surface area (Å²) in [6, 6.07) is 13.3. The lowest BCUT2D eigenvalue weighted by Crippen LogP contribution is -2.26. The van der Waals surface area contributed by atoms with E-state index in [9.17, 15) is 0 Å². The van der Waals surface area contributed by atoms with Crippen LogP contribution in [0.4, 0.5) is 0 Å². The highest BCUT2D eigenvalue weighted by Gasteiger charge is 2.22. The molecule has 160 valence electrons. The molecule has 31 heavy (non-hydrogen) atoms. The fourth-order valence-electron chi connectivity index (χ4n) is 3.23. The fourth-order valence-corrected chi connectivity index (χ4v) is 3.23. The average Bonchev–Trinajstić information content (AvgIpc) is 3.22. The number of rotatable bonds is 4. The molecule has 1 atom stereocenters. The van der Waals surface area contributed by atoms with Crippen molar-refractivity contribution in [3.05, 3.63) is 66.7 Å². The highest BCUT2D eigenvalue weighted by atomic mass is 16.6. The van der Waals surface area contributed by atoms with Crippen LogP contribution >= 0.6 is 0 Å². The predicted molar refractivity (Wildman–Crippen MR) is 116 cm³/mol. The molecule has 4 heterocycles. The van der Waals surface area contributed by atoms with Crippen molar-refractivity contribution in [2.75, 3.05) is 20.8 Å². The Bertz CT molecular complexity index is 1150. The first kappa shape index (κ1) is 20.5. The first-order valence-corrected chi connectivity index (χ1v) is 9.89. The summed E-state index contributed by atoms with van der Waals surface area (Å²) in [7, 11) is 3.23. The minimum atomic E-state index is 0.0261. The summed E-state index contributed by atoms with van der Waals surface area (Å²) in [5, 5.41) is 0. The number of aromatic nitrogens is 4. The van der Waals surface area contributed by atoms with E-state index in [4.69, 9.17) is 18.9 Å². The number of imidazole rings is 1. The lowest BCUT2D eigenvalue weighted by Gasteiger charge is -2.26. The quantitative estimate of drug-likeness (QED) is 0.497. The fraction of sp³-hybridized carbons (Fsp3) is 0.261. The third-order valence-corrected chi connectivity index (χ3v) is 4.67. The summed E-state index contributed by atoms with van der Waals surface area (Å²) in [6.07, 6.45) is 5.29. The smallest absolute Gasteiger partial charge is 0.212 e. The SMILES string of the molecule is COc1cc(Cn2cnc3cccnc32)cc2c1OC[C@H](C)O2.COc1ccccn1. The summed E-state index contributed by atoms with van der Waals surface area (Å²) in [5.74, 6) is 2.73. The van der Waals surface area contributed by atoms with Crippen LogP contribution in [-0.2, 0) is 6.54 Å². The summed E-state index contributed by atoms with van der Waals surface area (Å²) in [6.45, 7) is 3.14. The molecule has 0 spiro atoms. The van der Waals surface area contributed by atoms with Gasteiger partial charge in [0.25, 0.3) is 0 Å². The Balaban J connectivity index is 0.000000245. The Morgan fingerprint density at radius 1 is 1.03 bits per heavy atom. The zero-order chi connectivity index (χ0) is 21.6. The van der Waals surface area contributed by atoms with Crippen LogP contribution in [0.15, 0.2) is 61.2 Å². The molecule has 3 aromatic heterocycles. The topological polar surface area (TPSA) is 80.5 Å². The first-order valence-electron chi connectivity index (χ1n) is 9.89. The molecular weight excluding hydrogens is 396 g/mol. The van der Waals surface area contributed by atoms with Crippen molar-refractivity contribution in [2.45, 2.75) is 19.6 Å². The van der Waals surface area contributed by atoms with Gasteiger partial charge in [-0.1, -0.05) is 6.07 Å². The van der Waals surface area contributed by atoms with E-state index in [1.165, 1.54) is 0 Å². The van der Waals surface area contributed by atoms with Gasteiger partial charge in [0.05, 0.1) is 27.1 Å². The van der Waals surface area contributed by atoms with Gasteiger partial charge in [0.15, 0.2) is 17.1 Å². The monoisotopic (exact) mass is 420 g/mol. The number of pyridine rings is 2. The third-order valence-electron chi connectivity index (χ3n) is 4.67. The predicted octanol–water partition coefficient (Wildman–Crippen LogP) is 3.74. The lowest BCUT2D eigenvalue weighted by molar-refractivity contribution is 0.100. The summed E-state index contributed by atoms with van der Waals surface area (Å²) >= 11 is 0. The van der Waals surface area contributed by atoms with Crippen molar-refractivity contribution in [2.24, 2.45) is 0 Å². The largest absolute Gasteiger partial charge is 0.493 e. The molecule has 1 aromatic carbocycles. The van der Waals surface area contributed by atoms with Crippen LogP contribution < -0.4 is 18.9 Å². The molecule has 0 aliphatic carbocycles. The average molecular weight is 420 g/mol. The van der Waals surface area contributed by atoms with E-state index >= 15 is 0 Å². The molecule has 1 aliphatic heterocycles. The number of benzene rings is 1. The number of ether oxygens (including phenoxy) is 4. The summed E-state index contributed by atoms with van der Waals surface area (Å²) in [5.41, 5.74) is 2.78. The number of hydrogen-bond acceptors (Lipinski definition) is 7. The van der Waals surface area contributed by atoms with Gasteiger partial charge in [-0.05, 0) is 42.8 Å². The Morgan fingerprint density at radius 3 is 2.65 bits per heavy atom. The maximum absolute atomic E-state index is 5.88. The standard InChI is InChI=1S/C17H17N3O3.C6H7NO/c1-11-9-22-16-14(21-2)6-12(7-15(16)23-11)8-20-10-19-13-4-3-5-18-17(13)20;1-8-6-4-2-3-5-7-6/h3-7,10-11H,8-9H2,1-2H3;2-5H,1H3/t11-;/m0./s1. The van der Waals surface area contributed by atoms with E-state index in [2.05, 4.69) is 15.0 Å². The van der Waals surface area contributed by atoms with E-state index in [1.807, 2.05) is 47.9 Å². The minimum Gasteiger partial charge on any atom is -0.493 e. The Labute approximate surface area is 180 Å². The minimum absolute atomic E-state index is 0.0261. The molecule has 0 bridgehead atoms. The highest BCUT2D eigenvalue weighted by molar-refractivity contribution is 5.70. The van der Waals surface area contributed by atoms with Crippen molar-refractivity contribution in [3.63, 3.8) is 0 Å². The molecule has 5 rings (SSSR count). The van der Waals surface area contributed by atoms with Gasteiger partial charge in [-0.2, -0.15) is 0 Å². The van der Waals surface area contributed by atoms with Gasteiger partial charge in [0.1, 0.15) is 18.2 Å². The molecule has 0 saturated heterocycles. The maximum atomic E-state index is 5.88. The van der Waals surface area contributed by atoms with Crippen LogP contribution in [-0.4, -0.2) is 46.4 Å². The van der Waals surface area contributed by atoms with Gasteiger partial charge in [-0.15, -0.1) is 0 Å². The molecule has 0 unspecified atom stereocenters. The summed E-state index contributed by atoms with van der Waals surface area (Å²) < 4.78 is 23.9. The van der Waals surface area contributed by atoms with Crippen molar-refractivity contribution in [3.8, 4) is 23.1 Å². The van der Waals surface area contributed by atoms with Crippen LogP contribution in [0.25, 0.3) is 11.2 Å². The summed E-state index contributed by atoms with van der Waals surface area (Å²) in [4.78, 5) is 12.6. The van der Waals surface area contributed by atoms with Crippen molar-refractivity contribution in [1.82, 2.24) is 19.5 Å². The van der Waals surface area contributed by atoms with Crippen LogP contribution in [0.5, 0.6) is 23.1 Å². The number of fused-ring (bicyclic) bond motifs is 2. The van der Waals surface area contributed by atoms with Crippen molar-refractivity contribution < 1.29 is 18.9 Å². The molecule has 4 aromatic rings. The van der Waals surface area contributed by atoms with Crippen molar-refractivity contribution in [1.29, 1.82) is 0 Å². The van der Waals surface area contributed by atoms with E-state index < -0.39 is 0 Å². The number of methoxy groups -OCH3 is 2. The van der Waals surface area contributed by atoms with Crippen LogP contribution in [0.1, 0.15) is 12.5 Å². The Kier molecular flexibility index (Phi) is 6.16. The number of hydrogen-bond donors (Lipinski definition) is 0. The molecule has 0 amide bonds. The zero-order valence-corrected chi connectivity index (χ0v) is 17.7. The zero-order valence-electron chi connectivity index (χ0n) is 17.7. The lowest BCUT2D eigenvalue weighted by atomic mass is 10.1. The van der Waals surface area contributed by atoms with Gasteiger partial charge >= 0.3 is 0 Å². The third kappa shape index (κ3) is 4.69. The van der Waals surface area contributed by atoms with Crippen LogP contribution in [0.3, 0.4) is 0 Å². The van der Waals surface area contributed by atoms with Gasteiger partial charge in [0.2, 0.25) is 11.6 Å². The van der Waals surface area contributed by atoms with Crippen LogP contribution in [0.2, 0.25) is 0 Å². The van der Waals surface area contributed by atoms with E-state index in [0.717, 1.165) is 22.5 Å². The van der Waals surface area contributed by atoms with Gasteiger partial charge < -0.3 is 23.5 Å². The van der Waals surface area contributed by atoms with E-state index in [1.54, 1.807) is 39.0 Å². The first-order chi connectivity index (χ1) is 15.2. The molecule has 8 nitrogen and oxygen atoms in total. The molecule has 8 heteroatoms. The molecule has 1 aliphatic rings. The highest BCUT2D eigenvalue weighted by Crippen LogP contribution is 2.41. The van der Waals surface area contributed by atoms with Crippen molar-refractivity contribution >= 4 is 11.2 Å². The molecule has 0 fully saturated rings. The maximum Gasteiger partial charge on any atom is 0.212 e. The number of nitrogens with zero attached hydrogens (tertiary/aromatic N) is 4. The second kappa shape index (κ2) is 9.34. The second-order valence-electron chi connectivity index (χ2n) is 6.96. The van der Waals surface area contributed by atoms with Gasteiger partial charge in [-0.3, -0.25) is 0 Å². The molecule has 0 N–H and O–H groups in total. The molecule has 0 radical (unpaired) electrons. The normalized spacial score (nSPS) is 14.5.